The van der Waals surface area contributed by atoms with Gasteiger partial charge in [0.1, 0.15) is 10.6 Å². The van der Waals surface area contributed by atoms with Crippen LogP contribution in [0.15, 0.2) is 46.9 Å². The van der Waals surface area contributed by atoms with Gasteiger partial charge in [0.25, 0.3) is 5.91 Å². The van der Waals surface area contributed by atoms with Crippen LogP contribution >= 0.6 is 11.3 Å². The Morgan fingerprint density at radius 1 is 1.19 bits per heavy atom. The molecule has 1 aromatic carbocycles. The molecule has 26 heavy (non-hydrogen) atoms. The molecule has 136 valence electrons. The molecule has 5 nitrogen and oxygen atoms in total. The predicted octanol–water partition coefficient (Wildman–Crippen LogP) is 4.01. The molecule has 0 radical (unpaired) electrons. The Balaban J connectivity index is 1.85. The molecule has 2 N–H and O–H groups in total. The highest BCUT2D eigenvalue weighted by molar-refractivity contribution is 7.17. The summed E-state index contributed by atoms with van der Waals surface area (Å²) in [4.78, 5) is 20.2. The Bertz CT molecular complexity index is 870. The Kier molecular flexibility index (Phi) is 5.85. The first-order valence-corrected chi connectivity index (χ1v) is 9.47. The molecular weight excluding hydrogens is 346 g/mol. The van der Waals surface area contributed by atoms with Crippen LogP contribution in [0.4, 0.5) is 0 Å². The number of hydrogen-bond donors (Lipinski definition) is 1. The van der Waals surface area contributed by atoms with E-state index in [-0.39, 0.29) is 5.91 Å². The summed E-state index contributed by atoms with van der Waals surface area (Å²) in [5.41, 5.74) is 7.49. The molecule has 0 unspecified atom stereocenters. The zero-order valence-corrected chi connectivity index (χ0v) is 15.9. The van der Waals surface area contributed by atoms with Crippen molar-refractivity contribution in [3.05, 3.63) is 64.4 Å². The van der Waals surface area contributed by atoms with E-state index in [0.717, 1.165) is 28.4 Å². The molecule has 0 saturated heterocycles. The normalized spacial score (nSPS) is 10.9. The fourth-order valence-corrected chi connectivity index (χ4v) is 3.73. The monoisotopic (exact) mass is 369 g/mol. The third-order valence-electron chi connectivity index (χ3n) is 4.08. The van der Waals surface area contributed by atoms with Crippen molar-refractivity contribution in [2.75, 3.05) is 13.1 Å². The number of nitrogens with zero attached hydrogens (tertiary/aromatic N) is 2. The maximum absolute atomic E-state index is 13.2. The smallest absolute Gasteiger partial charge is 0.266 e. The Labute approximate surface area is 157 Å². The van der Waals surface area contributed by atoms with E-state index in [1.165, 1.54) is 11.3 Å². The zero-order chi connectivity index (χ0) is 18.5. The molecule has 1 amide bonds. The largest absolute Gasteiger partial charge is 0.459 e. The summed E-state index contributed by atoms with van der Waals surface area (Å²) < 4.78 is 5.65. The van der Waals surface area contributed by atoms with E-state index in [2.05, 4.69) is 4.98 Å². The highest BCUT2D eigenvalue weighted by atomic mass is 32.1. The van der Waals surface area contributed by atoms with Gasteiger partial charge in [0.05, 0.1) is 5.69 Å². The summed E-state index contributed by atoms with van der Waals surface area (Å²) >= 11 is 1.38. The standard InChI is InChI=1S/C20H23N3O2S/c1-14-9-10-17(25-14)19-22-15(2)18(26-19)20(24)23(12-6-11-21)13-16-7-4-3-5-8-16/h3-5,7-10H,6,11-13,21H2,1-2H3. The van der Waals surface area contributed by atoms with Crippen molar-refractivity contribution >= 4 is 17.2 Å². The number of benzene rings is 1. The van der Waals surface area contributed by atoms with Gasteiger partial charge in [-0.1, -0.05) is 30.3 Å². The lowest BCUT2D eigenvalue weighted by Gasteiger charge is -2.22. The van der Waals surface area contributed by atoms with E-state index in [0.29, 0.717) is 30.3 Å². The number of hydrogen-bond acceptors (Lipinski definition) is 5. The summed E-state index contributed by atoms with van der Waals surface area (Å²) in [5.74, 6) is 1.52. The molecule has 0 fully saturated rings. The van der Waals surface area contributed by atoms with Gasteiger partial charge >= 0.3 is 0 Å². The van der Waals surface area contributed by atoms with E-state index in [9.17, 15) is 4.79 Å². The molecule has 3 rings (SSSR count). The maximum Gasteiger partial charge on any atom is 0.266 e. The van der Waals surface area contributed by atoms with E-state index < -0.39 is 0 Å². The summed E-state index contributed by atoms with van der Waals surface area (Å²) in [5, 5.41) is 0.734. The van der Waals surface area contributed by atoms with E-state index in [4.69, 9.17) is 10.2 Å². The van der Waals surface area contributed by atoms with Crippen molar-refractivity contribution in [3.63, 3.8) is 0 Å². The Hall–Kier alpha value is -2.44. The minimum Gasteiger partial charge on any atom is -0.459 e. The second-order valence-corrected chi connectivity index (χ2v) is 7.20. The molecule has 0 atom stereocenters. The van der Waals surface area contributed by atoms with Crippen LogP contribution < -0.4 is 5.73 Å². The number of rotatable bonds is 7. The van der Waals surface area contributed by atoms with Crippen molar-refractivity contribution in [1.29, 1.82) is 0 Å². The maximum atomic E-state index is 13.2. The van der Waals surface area contributed by atoms with Gasteiger partial charge in [0, 0.05) is 13.1 Å². The second kappa shape index (κ2) is 8.29. The number of thiazole rings is 1. The van der Waals surface area contributed by atoms with Crippen LogP contribution in [-0.2, 0) is 6.54 Å². The average molecular weight is 369 g/mol. The van der Waals surface area contributed by atoms with Crippen molar-refractivity contribution in [2.24, 2.45) is 5.73 Å². The van der Waals surface area contributed by atoms with Crippen LogP contribution in [0, 0.1) is 13.8 Å². The third kappa shape index (κ3) is 4.20. The van der Waals surface area contributed by atoms with E-state index in [1.54, 1.807) is 0 Å². The molecule has 0 aliphatic rings. The van der Waals surface area contributed by atoms with E-state index >= 15 is 0 Å². The second-order valence-electron chi connectivity index (χ2n) is 6.20. The van der Waals surface area contributed by atoms with Crippen molar-refractivity contribution in [3.8, 4) is 10.8 Å². The topological polar surface area (TPSA) is 72.4 Å². The first-order valence-electron chi connectivity index (χ1n) is 8.66. The quantitative estimate of drug-likeness (QED) is 0.683. The SMILES string of the molecule is Cc1ccc(-c2nc(C)c(C(=O)N(CCCN)Cc3ccccc3)s2)o1. The highest BCUT2D eigenvalue weighted by Crippen LogP contribution is 2.30. The molecule has 0 spiro atoms. The molecule has 0 aliphatic heterocycles. The lowest BCUT2D eigenvalue weighted by molar-refractivity contribution is 0.0746. The molecule has 3 aromatic rings. The number of nitrogens with two attached hydrogens (primary N) is 1. The van der Waals surface area contributed by atoms with Gasteiger partial charge < -0.3 is 15.1 Å². The first-order chi connectivity index (χ1) is 12.6. The van der Waals surface area contributed by atoms with Gasteiger partial charge in [0.15, 0.2) is 10.8 Å². The summed E-state index contributed by atoms with van der Waals surface area (Å²) in [7, 11) is 0. The van der Waals surface area contributed by atoms with Crippen LogP contribution in [0.2, 0.25) is 0 Å². The Morgan fingerprint density at radius 3 is 2.62 bits per heavy atom. The highest BCUT2D eigenvalue weighted by Gasteiger charge is 2.22. The molecule has 2 heterocycles. The van der Waals surface area contributed by atoms with Gasteiger partial charge in [-0.25, -0.2) is 4.98 Å². The fraction of sp³-hybridized carbons (Fsp3) is 0.300. The minimum absolute atomic E-state index is 0.00756. The minimum atomic E-state index is -0.00756. The summed E-state index contributed by atoms with van der Waals surface area (Å²) in [6.45, 7) is 5.50. The van der Waals surface area contributed by atoms with Crippen LogP contribution in [0.25, 0.3) is 10.8 Å². The van der Waals surface area contributed by atoms with Gasteiger partial charge in [-0.3, -0.25) is 4.79 Å². The zero-order valence-electron chi connectivity index (χ0n) is 15.1. The van der Waals surface area contributed by atoms with Gasteiger partial charge in [-0.05, 0) is 44.5 Å². The molecule has 6 heteroatoms. The number of amides is 1. The first kappa shape index (κ1) is 18.4. The molecule has 2 aromatic heterocycles. The fourth-order valence-electron chi connectivity index (χ4n) is 2.73. The molecule has 0 bridgehead atoms. The summed E-state index contributed by atoms with van der Waals surface area (Å²) in [6.07, 6.45) is 0.765. The van der Waals surface area contributed by atoms with Gasteiger partial charge in [-0.2, -0.15) is 0 Å². The van der Waals surface area contributed by atoms with E-state index in [1.807, 2.05) is 61.2 Å². The molecule has 0 aliphatic carbocycles. The number of aryl methyl sites for hydroxylation is 2. The summed E-state index contributed by atoms with van der Waals surface area (Å²) in [6, 6.07) is 13.8. The number of carbonyl (C=O) groups excluding carboxylic acids is 1. The van der Waals surface area contributed by atoms with Crippen LogP contribution in [0.5, 0.6) is 0 Å². The number of carbonyl (C=O) groups is 1. The van der Waals surface area contributed by atoms with Crippen molar-refractivity contribution in [1.82, 2.24) is 9.88 Å². The number of aromatic nitrogens is 1. The van der Waals surface area contributed by atoms with Gasteiger partial charge in [-0.15, -0.1) is 11.3 Å². The predicted molar refractivity (Wildman–Crippen MR) is 104 cm³/mol. The van der Waals surface area contributed by atoms with Crippen LogP contribution in [-0.4, -0.2) is 28.9 Å². The van der Waals surface area contributed by atoms with Gasteiger partial charge in [0.2, 0.25) is 0 Å². The van der Waals surface area contributed by atoms with Crippen LogP contribution in [0.1, 0.15) is 33.1 Å². The lowest BCUT2D eigenvalue weighted by atomic mass is 10.2. The third-order valence-corrected chi connectivity index (χ3v) is 5.24. The molecule has 0 saturated carbocycles. The Morgan fingerprint density at radius 2 is 1.96 bits per heavy atom. The average Bonchev–Trinajstić information content (AvgIpc) is 3.24. The molecular formula is C20H23N3O2S. The van der Waals surface area contributed by atoms with Crippen molar-refractivity contribution < 1.29 is 9.21 Å². The lowest BCUT2D eigenvalue weighted by Crippen LogP contribution is -2.32. The number of furan rings is 1. The van der Waals surface area contributed by atoms with Crippen molar-refractivity contribution in [2.45, 2.75) is 26.8 Å². The van der Waals surface area contributed by atoms with Crippen LogP contribution in [0.3, 0.4) is 0 Å².